The van der Waals surface area contributed by atoms with Gasteiger partial charge in [-0.25, -0.2) is 0 Å². The summed E-state index contributed by atoms with van der Waals surface area (Å²) in [5.41, 5.74) is 0. The highest BCUT2D eigenvalue weighted by atomic mass is 16.6. The first-order chi connectivity index (χ1) is 3.97. The van der Waals surface area contributed by atoms with Crippen LogP contribution in [0.25, 0.3) is 0 Å². The van der Waals surface area contributed by atoms with Crippen LogP contribution in [0.15, 0.2) is 0 Å². The minimum atomic E-state index is 0.567. The summed E-state index contributed by atoms with van der Waals surface area (Å²) in [5, 5.41) is 0. The first-order valence-corrected chi connectivity index (χ1v) is 3.20. The van der Waals surface area contributed by atoms with Crippen LogP contribution in [0.4, 0.5) is 0 Å². The SMILES string of the molecule is C1CC2OC2CCO1. The molecular formula is C6H10O2. The van der Waals surface area contributed by atoms with Crippen LogP contribution in [-0.2, 0) is 9.47 Å². The maximum Gasteiger partial charge on any atom is 0.0864 e. The number of epoxide rings is 1. The van der Waals surface area contributed by atoms with Crippen molar-refractivity contribution in [3.05, 3.63) is 0 Å². The molecule has 2 aliphatic rings. The van der Waals surface area contributed by atoms with Gasteiger partial charge in [0.1, 0.15) is 0 Å². The minimum absolute atomic E-state index is 0.567. The summed E-state index contributed by atoms with van der Waals surface area (Å²) in [6.45, 7) is 1.81. The molecule has 2 saturated heterocycles. The van der Waals surface area contributed by atoms with E-state index in [1.807, 2.05) is 0 Å². The zero-order valence-corrected chi connectivity index (χ0v) is 4.80. The van der Waals surface area contributed by atoms with E-state index in [0.717, 1.165) is 26.1 Å². The molecule has 2 aliphatic heterocycles. The Bertz CT molecular complexity index is 82.5. The van der Waals surface area contributed by atoms with Crippen LogP contribution >= 0.6 is 0 Å². The molecule has 0 aromatic carbocycles. The predicted octanol–water partition coefficient (Wildman–Crippen LogP) is 0.564. The van der Waals surface area contributed by atoms with E-state index in [4.69, 9.17) is 9.47 Å². The summed E-state index contributed by atoms with van der Waals surface area (Å²) >= 11 is 0. The van der Waals surface area contributed by atoms with E-state index in [1.165, 1.54) is 0 Å². The highest BCUT2D eigenvalue weighted by Gasteiger charge is 2.38. The van der Waals surface area contributed by atoms with Gasteiger partial charge in [-0.1, -0.05) is 0 Å². The summed E-state index contributed by atoms with van der Waals surface area (Å²) in [6.07, 6.45) is 3.37. The molecule has 46 valence electrons. The molecule has 2 unspecified atom stereocenters. The Hall–Kier alpha value is -0.0800. The first-order valence-electron chi connectivity index (χ1n) is 3.20. The normalized spacial score (nSPS) is 45.0. The lowest BCUT2D eigenvalue weighted by atomic mass is 10.2. The highest BCUT2D eigenvalue weighted by Crippen LogP contribution is 2.30. The number of hydrogen-bond donors (Lipinski definition) is 0. The van der Waals surface area contributed by atoms with E-state index in [9.17, 15) is 0 Å². The van der Waals surface area contributed by atoms with Gasteiger partial charge < -0.3 is 9.47 Å². The predicted molar refractivity (Wildman–Crippen MR) is 28.7 cm³/mol. The maximum atomic E-state index is 5.28. The van der Waals surface area contributed by atoms with Crippen LogP contribution in [0.3, 0.4) is 0 Å². The van der Waals surface area contributed by atoms with Gasteiger partial charge in [-0.3, -0.25) is 0 Å². The van der Waals surface area contributed by atoms with Crippen LogP contribution in [0.2, 0.25) is 0 Å². The van der Waals surface area contributed by atoms with Crippen molar-refractivity contribution in [3.63, 3.8) is 0 Å². The molecule has 0 aliphatic carbocycles. The molecule has 2 nitrogen and oxygen atoms in total. The quantitative estimate of drug-likeness (QED) is 0.429. The zero-order chi connectivity index (χ0) is 5.40. The molecule has 0 amide bonds. The van der Waals surface area contributed by atoms with E-state index < -0.39 is 0 Å². The topological polar surface area (TPSA) is 21.8 Å². The fraction of sp³-hybridized carbons (Fsp3) is 1.00. The molecule has 2 heterocycles. The molecule has 0 aromatic heterocycles. The molecule has 0 aromatic rings. The summed E-state index contributed by atoms with van der Waals surface area (Å²) in [4.78, 5) is 0. The molecule has 0 saturated carbocycles. The van der Waals surface area contributed by atoms with Gasteiger partial charge in [-0.15, -0.1) is 0 Å². The van der Waals surface area contributed by atoms with Crippen LogP contribution in [0, 0.1) is 0 Å². The Balaban J connectivity index is 1.89. The lowest BCUT2D eigenvalue weighted by molar-refractivity contribution is 0.117. The summed E-state index contributed by atoms with van der Waals surface area (Å²) < 4.78 is 10.5. The van der Waals surface area contributed by atoms with Gasteiger partial charge in [0.25, 0.3) is 0 Å². The van der Waals surface area contributed by atoms with E-state index in [0.29, 0.717) is 12.2 Å². The smallest absolute Gasteiger partial charge is 0.0864 e. The van der Waals surface area contributed by atoms with Gasteiger partial charge >= 0.3 is 0 Å². The Morgan fingerprint density at radius 2 is 1.62 bits per heavy atom. The van der Waals surface area contributed by atoms with E-state index in [2.05, 4.69) is 0 Å². The molecule has 0 bridgehead atoms. The molecule has 0 spiro atoms. The van der Waals surface area contributed by atoms with Crippen molar-refractivity contribution in [2.45, 2.75) is 25.0 Å². The lowest BCUT2D eigenvalue weighted by Gasteiger charge is -1.95. The Kier molecular flexibility index (Phi) is 1.02. The lowest BCUT2D eigenvalue weighted by Crippen LogP contribution is -1.94. The third-order valence-corrected chi connectivity index (χ3v) is 1.78. The molecular weight excluding hydrogens is 104 g/mol. The van der Waals surface area contributed by atoms with Crippen LogP contribution in [0.1, 0.15) is 12.8 Å². The van der Waals surface area contributed by atoms with Crippen molar-refractivity contribution in [1.82, 2.24) is 0 Å². The molecule has 8 heavy (non-hydrogen) atoms. The minimum Gasteiger partial charge on any atom is -0.381 e. The Morgan fingerprint density at radius 1 is 1.00 bits per heavy atom. The summed E-state index contributed by atoms with van der Waals surface area (Å²) in [7, 11) is 0. The zero-order valence-electron chi connectivity index (χ0n) is 4.80. The summed E-state index contributed by atoms with van der Waals surface area (Å²) in [5.74, 6) is 0. The third-order valence-electron chi connectivity index (χ3n) is 1.78. The van der Waals surface area contributed by atoms with Crippen molar-refractivity contribution in [3.8, 4) is 0 Å². The van der Waals surface area contributed by atoms with Gasteiger partial charge in [0.2, 0.25) is 0 Å². The maximum absolute atomic E-state index is 5.28. The van der Waals surface area contributed by atoms with Crippen molar-refractivity contribution in [2.24, 2.45) is 0 Å². The van der Waals surface area contributed by atoms with Crippen LogP contribution < -0.4 is 0 Å². The molecule has 2 rings (SSSR count). The molecule has 0 radical (unpaired) electrons. The highest BCUT2D eigenvalue weighted by molar-refractivity contribution is 4.85. The number of hydrogen-bond acceptors (Lipinski definition) is 2. The van der Waals surface area contributed by atoms with Gasteiger partial charge in [-0.05, 0) is 12.8 Å². The molecule has 0 N–H and O–H groups in total. The van der Waals surface area contributed by atoms with Gasteiger partial charge in [0.15, 0.2) is 0 Å². The third kappa shape index (κ3) is 0.740. The van der Waals surface area contributed by atoms with Crippen molar-refractivity contribution >= 4 is 0 Å². The second-order valence-electron chi connectivity index (χ2n) is 2.40. The monoisotopic (exact) mass is 114 g/mol. The average molecular weight is 114 g/mol. The number of rotatable bonds is 0. The van der Waals surface area contributed by atoms with E-state index in [-0.39, 0.29) is 0 Å². The fourth-order valence-corrected chi connectivity index (χ4v) is 1.19. The largest absolute Gasteiger partial charge is 0.381 e. The molecule has 2 heteroatoms. The summed E-state index contributed by atoms with van der Waals surface area (Å²) in [6, 6.07) is 0. The molecule has 2 fully saturated rings. The van der Waals surface area contributed by atoms with Crippen LogP contribution in [-0.4, -0.2) is 25.4 Å². The Labute approximate surface area is 48.8 Å². The van der Waals surface area contributed by atoms with Gasteiger partial charge in [-0.2, -0.15) is 0 Å². The van der Waals surface area contributed by atoms with Gasteiger partial charge in [0.05, 0.1) is 12.2 Å². The first kappa shape index (κ1) is 4.77. The average Bonchev–Trinajstić information content (AvgIpc) is 2.36. The van der Waals surface area contributed by atoms with E-state index in [1.54, 1.807) is 0 Å². The van der Waals surface area contributed by atoms with Crippen molar-refractivity contribution in [2.75, 3.05) is 13.2 Å². The standard InChI is InChI=1S/C6H10O2/c1-3-7-4-2-6-5(1)8-6/h5-6H,1-4H2. The van der Waals surface area contributed by atoms with Gasteiger partial charge in [0, 0.05) is 13.2 Å². The second-order valence-corrected chi connectivity index (χ2v) is 2.40. The Morgan fingerprint density at radius 3 is 2.25 bits per heavy atom. The molecule has 2 atom stereocenters. The number of fused-ring (bicyclic) bond motifs is 1. The van der Waals surface area contributed by atoms with Crippen LogP contribution in [0.5, 0.6) is 0 Å². The van der Waals surface area contributed by atoms with E-state index >= 15 is 0 Å². The van der Waals surface area contributed by atoms with Crippen molar-refractivity contribution in [1.29, 1.82) is 0 Å². The number of ether oxygens (including phenoxy) is 2. The second kappa shape index (κ2) is 1.71. The van der Waals surface area contributed by atoms with Crippen molar-refractivity contribution < 1.29 is 9.47 Å². The fourth-order valence-electron chi connectivity index (χ4n) is 1.19.